The number of methoxy groups -OCH3 is 1. The van der Waals surface area contributed by atoms with Crippen LogP contribution in [0.1, 0.15) is 22.4 Å². The molecule has 26 heavy (non-hydrogen) atoms. The summed E-state index contributed by atoms with van der Waals surface area (Å²) in [6.07, 6.45) is 1.70. The molecule has 132 valence electrons. The van der Waals surface area contributed by atoms with Crippen molar-refractivity contribution in [2.45, 2.75) is 24.1 Å². The SMILES string of the molecule is COc1ccccc1Cn1c(CO)cnc1SCc1ccc(C#N)cc1. The van der Waals surface area contributed by atoms with E-state index in [2.05, 4.69) is 11.1 Å². The van der Waals surface area contributed by atoms with Crippen LogP contribution in [0.25, 0.3) is 0 Å². The molecular formula is C20H19N3O2S. The van der Waals surface area contributed by atoms with E-state index in [0.717, 1.165) is 33.5 Å². The molecule has 0 spiro atoms. The number of aromatic nitrogens is 2. The summed E-state index contributed by atoms with van der Waals surface area (Å²) in [5.74, 6) is 1.55. The van der Waals surface area contributed by atoms with Gasteiger partial charge in [0.25, 0.3) is 0 Å². The van der Waals surface area contributed by atoms with E-state index in [1.807, 2.05) is 53.1 Å². The Hall–Kier alpha value is -2.75. The fraction of sp³-hybridized carbons (Fsp3) is 0.200. The third-order valence-electron chi connectivity index (χ3n) is 4.04. The number of aliphatic hydroxyl groups excluding tert-OH is 1. The van der Waals surface area contributed by atoms with E-state index in [1.165, 1.54) is 0 Å². The second-order valence-corrected chi connectivity index (χ2v) is 6.63. The molecule has 0 radical (unpaired) electrons. The van der Waals surface area contributed by atoms with Crippen molar-refractivity contribution < 1.29 is 9.84 Å². The number of rotatable bonds is 7. The number of nitriles is 1. The summed E-state index contributed by atoms with van der Waals surface area (Å²) in [4.78, 5) is 4.46. The van der Waals surface area contributed by atoms with Gasteiger partial charge in [-0.25, -0.2) is 4.98 Å². The number of hydrogen-bond donors (Lipinski definition) is 1. The highest BCUT2D eigenvalue weighted by molar-refractivity contribution is 7.98. The number of benzene rings is 2. The fourth-order valence-electron chi connectivity index (χ4n) is 2.63. The Kier molecular flexibility index (Phi) is 5.95. The standard InChI is InChI=1S/C20H19N3O2S/c1-25-19-5-3-2-4-17(19)12-23-18(13-24)11-22-20(23)26-14-16-8-6-15(10-21)7-9-16/h2-9,11,24H,12-14H2,1H3. The summed E-state index contributed by atoms with van der Waals surface area (Å²) in [5, 5.41) is 19.4. The minimum absolute atomic E-state index is 0.0699. The van der Waals surface area contributed by atoms with Crippen LogP contribution in [0.3, 0.4) is 0 Å². The van der Waals surface area contributed by atoms with Gasteiger partial charge in [-0.15, -0.1) is 0 Å². The van der Waals surface area contributed by atoms with Gasteiger partial charge in [0.1, 0.15) is 5.75 Å². The van der Waals surface area contributed by atoms with Crippen molar-refractivity contribution in [2.24, 2.45) is 0 Å². The second kappa shape index (κ2) is 8.56. The molecule has 3 aromatic rings. The third-order valence-corrected chi connectivity index (χ3v) is 5.10. The molecule has 0 fully saturated rings. The normalized spacial score (nSPS) is 10.5. The van der Waals surface area contributed by atoms with Crippen molar-refractivity contribution in [1.82, 2.24) is 9.55 Å². The van der Waals surface area contributed by atoms with Gasteiger partial charge < -0.3 is 14.4 Å². The van der Waals surface area contributed by atoms with Crippen LogP contribution in [0.5, 0.6) is 5.75 Å². The van der Waals surface area contributed by atoms with Gasteiger partial charge in [-0.3, -0.25) is 0 Å². The summed E-state index contributed by atoms with van der Waals surface area (Å²) >= 11 is 1.60. The molecule has 0 aliphatic heterocycles. The first kappa shape index (κ1) is 18.1. The predicted molar refractivity (Wildman–Crippen MR) is 101 cm³/mol. The molecule has 6 heteroatoms. The van der Waals surface area contributed by atoms with Crippen LogP contribution in [-0.2, 0) is 18.9 Å². The smallest absolute Gasteiger partial charge is 0.168 e. The van der Waals surface area contributed by atoms with Crippen LogP contribution in [0.15, 0.2) is 59.9 Å². The van der Waals surface area contributed by atoms with E-state index in [0.29, 0.717) is 12.1 Å². The van der Waals surface area contributed by atoms with Crippen molar-refractivity contribution >= 4 is 11.8 Å². The van der Waals surface area contributed by atoms with Crippen LogP contribution >= 0.6 is 11.8 Å². The summed E-state index contributed by atoms with van der Waals surface area (Å²) in [5.41, 5.74) is 3.56. The number of aliphatic hydroxyl groups is 1. The zero-order valence-corrected chi connectivity index (χ0v) is 15.2. The number of nitrogens with zero attached hydrogens (tertiary/aromatic N) is 3. The average molecular weight is 365 g/mol. The van der Waals surface area contributed by atoms with Crippen LogP contribution in [0, 0.1) is 11.3 Å². The lowest BCUT2D eigenvalue weighted by molar-refractivity contribution is 0.270. The maximum Gasteiger partial charge on any atom is 0.168 e. The third kappa shape index (κ3) is 4.07. The van der Waals surface area contributed by atoms with E-state index in [4.69, 9.17) is 10.00 Å². The highest BCUT2D eigenvalue weighted by atomic mass is 32.2. The topological polar surface area (TPSA) is 71.1 Å². The molecular weight excluding hydrogens is 346 g/mol. The van der Waals surface area contributed by atoms with Gasteiger partial charge >= 0.3 is 0 Å². The van der Waals surface area contributed by atoms with Gasteiger partial charge in [-0.05, 0) is 23.8 Å². The second-order valence-electron chi connectivity index (χ2n) is 5.69. The van der Waals surface area contributed by atoms with E-state index >= 15 is 0 Å². The van der Waals surface area contributed by atoms with Gasteiger partial charge in [0.2, 0.25) is 0 Å². The maximum atomic E-state index is 9.65. The molecule has 3 rings (SSSR count). The van der Waals surface area contributed by atoms with E-state index < -0.39 is 0 Å². The molecule has 0 atom stereocenters. The van der Waals surface area contributed by atoms with Crippen molar-refractivity contribution in [3.05, 3.63) is 77.1 Å². The van der Waals surface area contributed by atoms with Crippen LogP contribution in [0.2, 0.25) is 0 Å². The Labute approximate surface area is 156 Å². The molecule has 2 aromatic carbocycles. The van der Waals surface area contributed by atoms with Crippen LogP contribution < -0.4 is 4.74 Å². The van der Waals surface area contributed by atoms with Gasteiger partial charge in [0, 0.05) is 11.3 Å². The minimum atomic E-state index is -0.0699. The molecule has 5 nitrogen and oxygen atoms in total. The lowest BCUT2D eigenvalue weighted by Gasteiger charge is -2.13. The maximum absolute atomic E-state index is 9.65. The van der Waals surface area contributed by atoms with Crippen molar-refractivity contribution in [1.29, 1.82) is 5.26 Å². The molecule has 1 heterocycles. The van der Waals surface area contributed by atoms with Crippen molar-refractivity contribution in [2.75, 3.05) is 7.11 Å². The summed E-state index contributed by atoms with van der Waals surface area (Å²) in [6, 6.07) is 17.5. The number of hydrogen-bond acceptors (Lipinski definition) is 5. The minimum Gasteiger partial charge on any atom is -0.496 e. The number of ether oxygens (including phenoxy) is 1. The Bertz CT molecular complexity index is 914. The Morgan fingerprint density at radius 2 is 1.96 bits per heavy atom. The van der Waals surface area contributed by atoms with Gasteiger partial charge in [-0.1, -0.05) is 42.1 Å². The lowest BCUT2D eigenvalue weighted by Crippen LogP contribution is -2.07. The molecule has 0 unspecified atom stereocenters. The van der Waals surface area contributed by atoms with E-state index in [-0.39, 0.29) is 6.61 Å². The van der Waals surface area contributed by atoms with E-state index in [1.54, 1.807) is 25.1 Å². The van der Waals surface area contributed by atoms with Crippen molar-refractivity contribution in [3.8, 4) is 11.8 Å². The number of para-hydroxylation sites is 1. The predicted octanol–water partition coefficient (Wildman–Crippen LogP) is 3.60. The Morgan fingerprint density at radius 3 is 2.65 bits per heavy atom. The zero-order chi connectivity index (χ0) is 18.4. The highest BCUT2D eigenvalue weighted by Crippen LogP contribution is 2.26. The van der Waals surface area contributed by atoms with Gasteiger partial charge in [0.15, 0.2) is 5.16 Å². The summed E-state index contributed by atoms with van der Waals surface area (Å²) in [7, 11) is 1.65. The first-order valence-electron chi connectivity index (χ1n) is 8.14. The Morgan fingerprint density at radius 1 is 1.19 bits per heavy atom. The van der Waals surface area contributed by atoms with Crippen molar-refractivity contribution in [3.63, 3.8) is 0 Å². The quantitative estimate of drug-likeness (QED) is 0.648. The zero-order valence-electron chi connectivity index (χ0n) is 14.4. The van der Waals surface area contributed by atoms with Gasteiger partial charge in [-0.2, -0.15) is 5.26 Å². The first-order chi connectivity index (χ1) is 12.7. The summed E-state index contributed by atoms with van der Waals surface area (Å²) in [6.45, 7) is 0.509. The number of imidazole rings is 1. The monoisotopic (exact) mass is 365 g/mol. The molecule has 0 aliphatic rings. The van der Waals surface area contributed by atoms with Gasteiger partial charge in [0.05, 0.1) is 43.8 Å². The molecule has 0 bridgehead atoms. The molecule has 1 aromatic heterocycles. The largest absolute Gasteiger partial charge is 0.496 e. The van der Waals surface area contributed by atoms with Crippen LogP contribution in [-0.4, -0.2) is 21.8 Å². The molecule has 0 amide bonds. The fourth-order valence-corrected chi connectivity index (χ4v) is 3.58. The van der Waals surface area contributed by atoms with Crippen LogP contribution in [0.4, 0.5) is 0 Å². The number of thioether (sulfide) groups is 1. The first-order valence-corrected chi connectivity index (χ1v) is 9.12. The molecule has 1 N–H and O–H groups in total. The lowest BCUT2D eigenvalue weighted by atomic mass is 10.2. The molecule has 0 aliphatic carbocycles. The average Bonchev–Trinajstić information content (AvgIpc) is 3.08. The molecule has 0 saturated heterocycles. The van der Waals surface area contributed by atoms with E-state index in [9.17, 15) is 5.11 Å². The Balaban J connectivity index is 1.79. The molecule has 0 saturated carbocycles. The summed E-state index contributed by atoms with van der Waals surface area (Å²) < 4.78 is 7.44. The highest BCUT2D eigenvalue weighted by Gasteiger charge is 2.13.